The first-order valence-corrected chi connectivity index (χ1v) is 5.81. The topological polar surface area (TPSA) is 80.4 Å². The van der Waals surface area contributed by atoms with Gasteiger partial charge in [-0.1, -0.05) is 24.3 Å². The van der Waals surface area contributed by atoms with E-state index >= 15 is 0 Å². The lowest BCUT2D eigenvalue weighted by atomic mass is 10.2. The summed E-state index contributed by atoms with van der Waals surface area (Å²) in [5.74, 6) is -0.175. The Balaban J connectivity index is 1.94. The zero-order valence-corrected chi connectivity index (χ0v) is 10.3. The maximum Gasteiger partial charge on any atom is 0.257 e. The molecule has 0 aliphatic carbocycles. The van der Waals surface area contributed by atoms with Crippen LogP contribution >= 0.6 is 0 Å². The highest BCUT2D eigenvalue weighted by Gasteiger charge is 2.05. The van der Waals surface area contributed by atoms with Crippen LogP contribution in [0.4, 0.5) is 0 Å². The number of pyridine rings is 1. The number of nitrogens with two attached hydrogens (primary N) is 1. The molecule has 0 saturated heterocycles. The molecule has 2 rings (SSSR count). The van der Waals surface area contributed by atoms with E-state index in [1.54, 1.807) is 36.7 Å². The van der Waals surface area contributed by atoms with Crippen LogP contribution in [0.2, 0.25) is 0 Å². The number of amides is 1. The summed E-state index contributed by atoms with van der Waals surface area (Å²) in [6.07, 6.45) is 3.39. The molecule has 1 heterocycles. The normalized spacial score (nSPS) is 11.1. The number of rotatable bonds is 3. The largest absolute Gasteiger partial charge is 0.370 e. The van der Waals surface area contributed by atoms with Crippen molar-refractivity contribution in [3.8, 4) is 0 Å². The summed E-state index contributed by atoms with van der Waals surface area (Å²) in [7, 11) is 0. The van der Waals surface area contributed by atoms with Crippen molar-refractivity contribution >= 4 is 11.9 Å². The summed E-state index contributed by atoms with van der Waals surface area (Å²) >= 11 is 0. The van der Waals surface area contributed by atoms with Gasteiger partial charge in [0.25, 0.3) is 5.91 Å². The van der Waals surface area contributed by atoms with Gasteiger partial charge < -0.3 is 5.73 Å². The van der Waals surface area contributed by atoms with E-state index in [0.717, 1.165) is 5.56 Å². The zero-order chi connectivity index (χ0) is 13.5. The maximum atomic E-state index is 11.8. The fourth-order valence-electron chi connectivity index (χ4n) is 1.49. The third-order valence-corrected chi connectivity index (χ3v) is 2.43. The molecule has 0 saturated carbocycles. The number of guanidine groups is 1. The van der Waals surface area contributed by atoms with Gasteiger partial charge in [-0.2, -0.15) is 0 Å². The first kappa shape index (κ1) is 12.8. The van der Waals surface area contributed by atoms with Crippen molar-refractivity contribution in [1.29, 1.82) is 0 Å². The Labute approximate surface area is 111 Å². The number of hydrogen-bond acceptors (Lipinski definition) is 3. The molecule has 1 aromatic carbocycles. The molecule has 96 valence electrons. The molecular weight excluding hydrogens is 240 g/mol. The summed E-state index contributed by atoms with van der Waals surface area (Å²) < 4.78 is 0. The minimum Gasteiger partial charge on any atom is -0.370 e. The van der Waals surface area contributed by atoms with Gasteiger partial charge in [0.2, 0.25) is 0 Å². The smallest absolute Gasteiger partial charge is 0.257 e. The number of aromatic nitrogens is 1. The molecule has 0 radical (unpaired) electrons. The van der Waals surface area contributed by atoms with Crippen molar-refractivity contribution in [2.45, 2.75) is 6.54 Å². The fraction of sp³-hybridized carbons (Fsp3) is 0.0714. The van der Waals surface area contributed by atoms with Crippen LogP contribution in [0, 0.1) is 0 Å². The summed E-state index contributed by atoms with van der Waals surface area (Å²) in [5.41, 5.74) is 7.13. The van der Waals surface area contributed by atoms with Crippen LogP contribution in [0.15, 0.2) is 59.9 Å². The van der Waals surface area contributed by atoms with Gasteiger partial charge in [-0.3, -0.25) is 15.1 Å². The molecule has 19 heavy (non-hydrogen) atoms. The van der Waals surface area contributed by atoms with E-state index in [0.29, 0.717) is 12.1 Å². The standard InChI is InChI=1S/C14H14N4O/c15-14(17-10-11-5-4-8-16-9-11)18-13(19)12-6-2-1-3-7-12/h1-9H,10H2,(H3,15,17,18,19). The SMILES string of the molecule is NC(=NCc1cccnc1)NC(=O)c1ccccc1. The molecule has 0 aliphatic rings. The molecule has 0 spiro atoms. The van der Waals surface area contributed by atoms with Crippen LogP contribution in [0.5, 0.6) is 0 Å². The molecule has 0 atom stereocenters. The molecule has 2 aromatic rings. The summed E-state index contributed by atoms with van der Waals surface area (Å²) in [6.45, 7) is 0.384. The van der Waals surface area contributed by atoms with Crippen LogP contribution in [0.1, 0.15) is 15.9 Å². The number of benzene rings is 1. The molecule has 3 N–H and O–H groups in total. The molecule has 1 amide bonds. The van der Waals surface area contributed by atoms with Crippen LogP contribution in [-0.2, 0) is 6.54 Å². The van der Waals surface area contributed by atoms with Gasteiger partial charge in [0.05, 0.1) is 6.54 Å². The molecule has 5 heteroatoms. The molecule has 0 aliphatic heterocycles. The third kappa shape index (κ3) is 3.92. The van der Waals surface area contributed by atoms with Crippen LogP contribution < -0.4 is 11.1 Å². The van der Waals surface area contributed by atoms with Gasteiger partial charge in [-0.15, -0.1) is 0 Å². The van der Waals surface area contributed by atoms with E-state index in [4.69, 9.17) is 5.73 Å². The van der Waals surface area contributed by atoms with Crippen molar-refractivity contribution in [3.05, 3.63) is 66.0 Å². The Hall–Kier alpha value is -2.69. The van der Waals surface area contributed by atoms with Gasteiger partial charge in [0, 0.05) is 18.0 Å². The molecule has 1 aromatic heterocycles. The van der Waals surface area contributed by atoms with E-state index in [2.05, 4.69) is 15.3 Å². The van der Waals surface area contributed by atoms with Gasteiger partial charge in [-0.25, -0.2) is 4.99 Å². The van der Waals surface area contributed by atoms with E-state index in [9.17, 15) is 4.79 Å². The Kier molecular flexibility index (Phi) is 4.23. The minimum absolute atomic E-state index is 0.0951. The first-order valence-electron chi connectivity index (χ1n) is 5.81. The first-order chi connectivity index (χ1) is 9.25. The Bertz CT molecular complexity index is 567. The molecule has 0 unspecified atom stereocenters. The van der Waals surface area contributed by atoms with Crippen molar-refractivity contribution in [1.82, 2.24) is 10.3 Å². The predicted molar refractivity (Wildman–Crippen MR) is 73.5 cm³/mol. The van der Waals surface area contributed by atoms with Crippen molar-refractivity contribution in [3.63, 3.8) is 0 Å². The Morgan fingerprint density at radius 1 is 1.21 bits per heavy atom. The van der Waals surface area contributed by atoms with Crippen LogP contribution in [0.3, 0.4) is 0 Å². The Morgan fingerprint density at radius 3 is 2.68 bits per heavy atom. The second kappa shape index (κ2) is 6.30. The van der Waals surface area contributed by atoms with Crippen LogP contribution in [-0.4, -0.2) is 16.9 Å². The van der Waals surface area contributed by atoms with Crippen LogP contribution in [0.25, 0.3) is 0 Å². The van der Waals surface area contributed by atoms with Crippen molar-refractivity contribution < 1.29 is 4.79 Å². The second-order valence-corrected chi connectivity index (χ2v) is 3.88. The number of hydrogen-bond donors (Lipinski definition) is 2. The van der Waals surface area contributed by atoms with Gasteiger partial charge >= 0.3 is 0 Å². The quantitative estimate of drug-likeness (QED) is 0.640. The van der Waals surface area contributed by atoms with E-state index in [1.165, 1.54) is 0 Å². The lowest BCUT2D eigenvalue weighted by Crippen LogP contribution is -2.36. The molecule has 5 nitrogen and oxygen atoms in total. The summed E-state index contributed by atoms with van der Waals surface area (Å²) in [5, 5.41) is 2.53. The summed E-state index contributed by atoms with van der Waals surface area (Å²) in [4.78, 5) is 19.8. The second-order valence-electron chi connectivity index (χ2n) is 3.88. The van der Waals surface area contributed by atoms with Crippen molar-refractivity contribution in [2.24, 2.45) is 10.7 Å². The number of nitrogens with one attached hydrogen (secondary N) is 1. The number of carbonyl (C=O) groups is 1. The minimum atomic E-state index is -0.270. The van der Waals surface area contributed by atoms with Crippen molar-refractivity contribution in [2.75, 3.05) is 0 Å². The van der Waals surface area contributed by atoms with E-state index in [1.807, 2.05) is 18.2 Å². The highest BCUT2D eigenvalue weighted by atomic mass is 16.1. The fourth-order valence-corrected chi connectivity index (χ4v) is 1.49. The number of carbonyl (C=O) groups excluding carboxylic acids is 1. The highest BCUT2D eigenvalue weighted by molar-refractivity contribution is 6.05. The lowest BCUT2D eigenvalue weighted by molar-refractivity contribution is 0.0976. The number of aliphatic imine (C=N–C) groups is 1. The summed E-state index contributed by atoms with van der Waals surface area (Å²) in [6, 6.07) is 12.6. The van der Waals surface area contributed by atoms with Gasteiger partial charge in [0.15, 0.2) is 5.96 Å². The number of nitrogens with zero attached hydrogens (tertiary/aromatic N) is 2. The predicted octanol–water partition coefficient (Wildman–Crippen LogP) is 1.33. The maximum absolute atomic E-state index is 11.8. The average Bonchev–Trinajstić information content (AvgIpc) is 2.47. The Morgan fingerprint density at radius 2 is 2.00 bits per heavy atom. The monoisotopic (exact) mass is 254 g/mol. The zero-order valence-electron chi connectivity index (χ0n) is 10.3. The van der Waals surface area contributed by atoms with E-state index < -0.39 is 0 Å². The molecule has 0 bridgehead atoms. The van der Waals surface area contributed by atoms with Gasteiger partial charge in [0.1, 0.15) is 0 Å². The third-order valence-electron chi connectivity index (χ3n) is 2.43. The lowest BCUT2D eigenvalue weighted by Gasteiger charge is -2.04. The molecular formula is C14H14N4O. The molecule has 0 fully saturated rings. The van der Waals surface area contributed by atoms with Gasteiger partial charge in [-0.05, 0) is 23.8 Å². The van der Waals surface area contributed by atoms with E-state index in [-0.39, 0.29) is 11.9 Å². The average molecular weight is 254 g/mol. The highest BCUT2D eigenvalue weighted by Crippen LogP contribution is 1.99.